The van der Waals surface area contributed by atoms with Crippen LogP contribution >= 0.6 is 0 Å². The zero-order valence-corrected chi connectivity index (χ0v) is 17.1. The first-order valence-electron chi connectivity index (χ1n) is 11.1. The van der Waals surface area contributed by atoms with Crippen molar-refractivity contribution < 1.29 is 9.53 Å². The van der Waals surface area contributed by atoms with E-state index in [0.29, 0.717) is 6.04 Å². The van der Waals surface area contributed by atoms with Crippen LogP contribution in [0.3, 0.4) is 0 Å². The number of ether oxygens (including phenoxy) is 1. The monoisotopic (exact) mass is 390 g/mol. The van der Waals surface area contributed by atoms with E-state index in [2.05, 4.69) is 46.2 Å². The summed E-state index contributed by atoms with van der Waals surface area (Å²) in [5, 5.41) is 0. The second-order valence-electron chi connectivity index (χ2n) is 8.64. The van der Waals surface area contributed by atoms with Gasteiger partial charge in [-0.05, 0) is 60.9 Å². The number of benzene rings is 2. The van der Waals surface area contributed by atoms with Crippen LogP contribution in [0.4, 0.5) is 0 Å². The summed E-state index contributed by atoms with van der Waals surface area (Å²) in [7, 11) is 0. The Morgan fingerprint density at radius 3 is 2.69 bits per heavy atom. The zero-order valence-electron chi connectivity index (χ0n) is 17.1. The third-order valence-electron chi connectivity index (χ3n) is 6.53. The molecule has 29 heavy (non-hydrogen) atoms. The molecule has 0 N–H and O–H groups in total. The summed E-state index contributed by atoms with van der Waals surface area (Å²) in [6, 6.07) is 17.6. The van der Waals surface area contributed by atoms with Crippen LogP contribution < -0.4 is 0 Å². The molecule has 2 aromatic carbocycles. The molecule has 1 amide bonds. The summed E-state index contributed by atoms with van der Waals surface area (Å²) in [6.45, 7) is 4.42. The van der Waals surface area contributed by atoms with Crippen molar-refractivity contribution in [1.29, 1.82) is 0 Å². The van der Waals surface area contributed by atoms with Gasteiger partial charge in [0.15, 0.2) is 0 Å². The molecule has 2 fully saturated rings. The number of hydrogen-bond donors (Lipinski definition) is 0. The second kappa shape index (κ2) is 8.29. The number of fused-ring (bicyclic) bond motifs is 1. The van der Waals surface area contributed by atoms with E-state index in [1.165, 1.54) is 16.7 Å². The maximum absolute atomic E-state index is 13.7. The Morgan fingerprint density at radius 2 is 1.86 bits per heavy atom. The molecule has 1 saturated carbocycles. The van der Waals surface area contributed by atoms with Gasteiger partial charge >= 0.3 is 0 Å². The van der Waals surface area contributed by atoms with Crippen molar-refractivity contribution in [3.8, 4) is 0 Å². The van der Waals surface area contributed by atoms with Crippen LogP contribution in [0.1, 0.15) is 58.8 Å². The molecule has 1 aliphatic heterocycles. The molecule has 152 valence electrons. The summed E-state index contributed by atoms with van der Waals surface area (Å²) in [5.74, 6) is 0.207. The van der Waals surface area contributed by atoms with Gasteiger partial charge in [-0.25, -0.2) is 0 Å². The fraction of sp³-hybridized carbons (Fsp3) is 0.480. The van der Waals surface area contributed by atoms with Crippen molar-refractivity contribution in [2.75, 3.05) is 26.3 Å². The topological polar surface area (TPSA) is 32.8 Å². The van der Waals surface area contributed by atoms with Crippen LogP contribution in [-0.4, -0.2) is 48.1 Å². The highest BCUT2D eigenvalue weighted by molar-refractivity contribution is 5.95. The van der Waals surface area contributed by atoms with Gasteiger partial charge in [-0.2, -0.15) is 0 Å². The average molecular weight is 391 g/mol. The Balaban J connectivity index is 1.39. The highest BCUT2D eigenvalue weighted by atomic mass is 16.5. The molecule has 0 spiro atoms. The third kappa shape index (κ3) is 4.10. The predicted molar refractivity (Wildman–Crippen MR) is 114 cm³/mol. The van der Waals surface area contributed by atoms with Crippen LogP contribution in [-0.2, 0) is 17.7 Å². The fourth-order valence-electron chi connectivity index (χ4n) is 4.90. The van der Waals surface area contributed by atoms with Crippen LogP contribution in [0, 0.1) is 0 Å². The Morgan fingerprint density at radius 1 is 1.03 bits per heavy atom. The first-order chi connectivity index (χ1) is 14.3. The minimum atomic E-state index is 0.207. The normalized spacial score (nSPS) is 22.1. The number of amides is 1. The Labute approximate surface area is 173 Å². The summed E-state index contributed by atoms with van der Waals surface area (Å²) in [6.07, 6.45) is 5.64. The van der Waals surface area contributed by atoms with Crippen molar-refractivity contribution in [3.05, 3.63) is 70.8 Å². The molecule has 1 saturated heterocycles. The molecular weight excluding hydrogens is 360 g/mol. The Kier molecular flexibility index (Phi) is 5.38. The summed E-state index contributed by atoms with van der Waals surface area (Å²) < 4.78 is 5.46. The number of aryl methyl sites for hydroxylation is 1. The first kappa shape index (κ1) is 18.8. The van der Waals surface area contributed by atoms with Gasteiger partial charge in [-0.15, -0.1) is 0 Å². The SMILES string of the molecule is O=C(c1cccc(CN2CCOCC2)c1)N(C1CC1)C1CCCc2ccccc21. The molecule has 4 heteroatoms. The standard InChI is InChI=1S/C25H30N2O2/c28-25(21-8-3-5-19(17-21)18-26-13-15-29-16-14-26)27(22-11-12-22)24-10-4-7-20-6-1-2-9-23(20)24/h1-3,5-6,8-9,17,22,24H,4,7,10-16,18H2. The van der Waals surface area contributed by atoms with Crippen molar-refractivity contribution in [2.24, 2.45) is 0 Å². The van der Waals surface area contributed by atoms with E-state index in [1.54, 1.807) is 0 Å². The van der Waals surface area contributed by atoms with E-state index in [1.807, 2.05) is 12.1 Å². The van der Waals surface area contributed by atoms with Gasteiger partial charge in [0.1, 0.15) is 0 Å². The van der Waals surface area contributed by atoms with Gasteiger partial charge < -0.3 is 9.64 Å². The fourth-order valence-corrected chi connectivity index (χ4v) is 4.90. The van der Waals surface area contributed by atoms with Gasteiger partial charge in [0, 0.05) is 31.2 Å². The number of nitrogens with zero attached hydrogens (tertiary/aromatic N) is 2. The molecule has 0 aromatic heterocycles. The molecule has 3 aliphatic rings. The number of morpholine rings is 1. The smallest absolute Gasteiger partial charge is 0.254 e. The molecule has 1 unspecified atom stereocenters. The van der Waals surface area contributed by atoms with Crippen molar-refractivity contribution in [1.82, 2.24) is 9.80 Å². The Bertz CT molecular complexity index is 871. The second-order valence-corrected chi connectivity index (χ2v) is 8.64. The van der Waals surface area contributed by atoms with Crippen LogP contribution in [0.2, 0.25) is 0 Å². The number of carbonyl (C=O) groups excluding carboxylic acids is 1. The molecule has 2 aliphatic carbocycles. The average Bonchev–Trinajstić information content (AvgIpc) is 3.60. The maximum Gasteiger partial charge on any atom is 0.254 e. The third-order valence-corrected chi connectivity index (χ3v) is 6.53. The predicted octanol–water partition coefficient (Wildman–Crippen LogP) is 4.20. The maximum atomic E-state index is 13.7. The van der Waals surface area contributed by atoms with Crippen molar-refractivity contribution in [3.63, 3.8) is 0 Å². The lowest BCUT2D eigenvalue weighted by Crippen LogP contribution is -2.38. The van der Waals surface area contributed by atoms with E-state index >= 15 is 0 Å². The molecular formula is C25H30N2O2. The molecule has 0 radical (unpaired) electrons. The van der Waals surface area contributed by atoms with Crippen molar-refractivity contribution in [2.45, 2.75) is 50.7 Å². The lowest BCUT2D eigenvalue weighted by molar-refractivity contribution is 0.0341. The van der Waals surface area contributed by atoms with Gasteiger partial charge in [0.2, 0.25) is 0 Å². The van der Waals surface area contributed by atoms with Crippen LogP contribution in [0.5, 0.6) is 0 Å². The molecule has 0 bridgehead atoms. The van der Waals surface area contributed by atoms with E-state index in [0.717, 1.165) is 70.5 Å². The minimum absolute atomic E-state index is 0.207. The number of carbonyl (C=O) groups is 1. The lowest BCUT2D eigenvalue weighted by Gasteiger charge is -2.36. The van der Waals surface area contributed by atoms with E-state index in [4.69, 9.17) is 4.74 Å². The first-order valence-corrected chi connectivity index (χ1v) is 11.1. The molecule has 1 atom stereocenters. The highest BCUT2D eigenvalue weighted by Crippen LogP contribution is 2.41. The zero-order chi connectivity index (χ0) is 19.6. The molecule has 1 heterocycles. The largest absolute Gasteiger partial charge is 0.379 e. The number of rotatable bonds is 5. The molecule has 5 rings (SSSR count). The quantitative estimate of drug-likeness (QED) is 0.767. The number of hydrogen-bond acceptors (Lipinski definition) is 3. The van der Waals surface area contributed by atoms with E-state index in [-0.39, 0.29) is 11.9 Å². The van der Waals surface area contributed by atoms with E-state index in [9.17, 15) is 4.79 Å². The van der Waals surface area contributed by atoms with Crippen LogP contribution in [0.15, 0.2) is 48.5 Å². The van der Waals surface area contributed by atoms with Gasteiger partial charge in [-0.1, -0.05) is 36.4 Å². The Hall–Kier alpha value is -2.17. The van der Waals surface area contributed by atoms with Crippen molar-refractivity contribution >= 4 is 5.91 Å². The molecule has 4 nitrogen and oxygen atoms in total. The van der Waals surface area contributed by atoms with E-state index < -0.39 is 0 Å². The highest BCUT2D eigenvalue weighted by Gasteiger charge is 2.39. The summed E-state index contributed by atoms with van der Waals surface area (Å²) >= 11 is 0. The lowest BCUT2D eigenvalue weighted by atomic mass is 9.86. The van der Waals surface area contributed by atoms with Crippen LogP contribution in [0.25, 0.3) is 0 Å². The molecule has 2 aromatic rings. The summed E-state index contributed by atoms with van der Waals surface area (Å²) in [4.78, 5) is 18.3. The van der Waals surface area contributed by atoms with Gasteiger partial charge in [-0.3, -0.25) is 9.69 Å². The summed E-state index contributed by atoms with van der Waals surface area (Å²) in [5.41, 5.74) is 4.84. The van der Waals surface area contributed by atoms with Gasteiger partial charge in [0.25, 0.3) is 5.91 Å². The minimum Gasteiger partial charge on any atom is -0.379 e. The van der Waals surface area contributed by atoms with Gasteiger partial charge in [0.05, 0.1) is 19.3 Å².